The summed E-state index contributed by atoms with van der Waals surface area (Å²) in [6, 6.07) is 15.2. The molecule has 5 heteroatoms. The van der Waals surface area contributed by atoms with Crippen LogP contribution in [0.15, 0.2) is 48.5 Å². The lowest BCUT2D eigenvalue weighted by molar-refractivity contribution is -0.136. The molecule has 4 nitrogen and oxygen atoms in total. The standard InChI is InChI=1S/C26H35FN2O2/c1-18(2)26(30)29(19(3)4)16-22-15-28(14-20-8-6-11-24(12-20)31-5)17-25(22)21-9-7-10-23(27)13-21/h6-13,18-19,22,25H,14-17H2,1-5H3. The van der Waals surface area contributed by atoms with Gasteiger partial charge in [0.2, 0.25) is 5.91 Å². The third-order valence-electron chi connectivity index (χ3n) is 6.17. The maximum absolute atomic E-state index is 14.0. The van der Waals surface area contributed by atoms with E-state index in [1.165, 1.54) is 11.6 Å². The summed E-state index contributed by atoms with van der Waals surface area (Å²) < 4.78 is 19.4. The zero-order chi connectivity index (χ0) is 22.5. The van der Waals surface area contributed by atoms with E-state index >= 15 is 0 Å². The number of likely N-dealkylation sites (tertiary alicyclic amines) is 1. The van der Waals surface area contributed by atoms with Crippen LogP contribution in [0.1, 0.15) is 44.7 Å². The molecule has 2 unspecified atom stereocenters. The maximum Gasteiger partial charge on any atom is 0.225 e. The van der Waals surface area contributed by atoms with E-state index in [9.17, 15) is 9.18 Å². The first-order valence-corrected chi connectivity index (χ1v) is 11.2. The molecule has 2 atom stereocenters. The van der Waals surface area contributed by atoms with Gasteiger partial charge in [0.25, 0.3) is 0 Å². The summed E-state index contributed by atoms with van der Waals surface area (Å²) in [5.74, 6) is 1.22. The molecule has 0 radical (unpaired) electrons. The van der Waals surface area contributed by atoms with Gasteiger partial charge in [-0.2, -0.15) is 0 Å². The molecule has 0 aromatic heterocycles. The average Bonchev–Trinajstić information content (AvgIpc) is 3.13. The van der Waals surface area contributed by atoms with Crippen molar-refractivity contribution < 1.29 is 13.9 Å². The number of carbonyl (C=O) groups is 1. The van der Waals surface area contributed by atoms with Gasteiger partial charge in [0.15, 0.2) is 0 Å². The van der Waals surface area contributed by atoms with Gasteiger partial charge in [-0.15, -0.1) is 0 Å². The van der Waals surface area contributed by atoms with Gasteiger partial charge in [0, 0.05) is 44.1 Å². The van der Waals surface area contributed by atoms with Crippen LogP contribution < -0.4 is 4.74 Å². The van der Waals surface area contributed by atoms with Crippen molar-refractivity contribution in [1.82, 2.24) is 9.80 Å². The lowest BCUT2D eigenvalue weighted by Gasteiger charge is -2.33. The zero-order valence-corrected chi connectivity index (χ0v) is 19.3. The number of hydrogen-bond acceptors (Lipinski definition) is 3. The van der Waals surface area contributed by atoms with Gasteiger partial charge in [0.1, 0.15) is 11.6 Å². The Labute approximate surface area is 186 Å². The molecule has 1 aliphatic heterocycles. The number of rotatable bonds is 8. The van der Waals surface area contributed by atoms with Crippen molar-refractivity contribution in [3.05, 3.63) is 65.5 Å². The Bertz CT molecular complexity index is 883. The van der Waals surface area contributed by atoms with Crippen LogP contribution in [-0.2, 0) is 11.3 Å². The maximum atomic E-state index is 14.0. The molecule has 0 saturated carbocycles. The topological polar surface area (TPSA) is 32.8 Å². The molecular weight excluding hydrogens is 391 g/mol. The van der Waals surface area contributed by atoms with Gasteiger partial charge in [0.05, 0.1) is 7.11 Å². The predicted molar refractivity (Wildman–Crippen MR) is 123 cm³/mol. The second-order valence-corrected chi connectivity index (χ2v) is 9.21. The molecule has 0 aliphatic carbocycles. The van der Waals surface area contributed by atoms with Crippen LogP contribution in [0.5, 0.6) is 5.75 Å². The number of ether oxygens (including phenoxy) is 1. The predicted octanol–water partition coefficient (Wildman–Crippen LogP) is 4.94. The van der Waals surface area contributed by atoms with Gasteiger partial charge in [-0.3, -0.25) is 9.69 Å². The molecule has 3 rings (SSSR count). The van der Waals surface area contributed by atoms with Crippen LogP contribution in [0.4, 0.5) is 4.39 Å². The first-order chi connectivity index (χ1) is 14.8. The third-order valence-corrected chi connectivity index (χ3v) is 6.17. The van der Waals surface area contributed by atoms with Gasteiger partial charge >= 0.3 is 0 Å². The summed E-state index contributed by atoms with van der Waals surface area (Å²) in [5, 5.41) is 0. The fourth-order valence-electron chi connectivity index (χ4n) is 4.56. The van der Waals surface area contributed by atoms with Crippen molar-refractivity contribution in [3.63, 3.8) is 0 Å². The molecule has 2 aromatic rings. The number of halogens is 1. The third kappa shape index (κ3) is 5.85. The second-order valence-electron chi connectivity index (χ2n) is 9.21. The normalized spacial score (nSPS) is 19.2. The first kappa shape index (κ1) is 23.3. The second kappa shape index (κ2) is 10.3. The van der Waals surface area contributed by atoms with E-state index < -0.39 is 0 Å². The molecule has 168 valence electrons. The molecule has 2 aromatic carbocycles. The monoisotopic (exact) mass is 426 g/mol. The van der Waals surface area contributed by atoms with E-state index in [-0.39, 0.29) is 35.5 Å². The summed E-state index contributed by atoms with van der Waals surface area (Å²) in [5.41, 5.74) is 2.20. The zero-order valence-electron chi connectivity index (χ0n) is 19.3. The van der Waals surface area contributed by atoms with Gasteiger partial charge in [-0.05, 0) is 55.2 Å². The summed E-state index contributed by atoms with van der Waals surface area (Å²) >= 11 is 0. The Hall–Kier alpha value is -2.40. The van der Waals surface area contributed by atoms with Crippen LogP contribution >= 0.6 is 0 Å². The Balaban J connectivity index is 1.83. The van der Waals surface area contributed by atoms with E-state index in [1.54, 1.807) is 19.2 Å². The Morgan fingerprint density at radius 3 is 2.52 bits per heavy atom. The quantitative estimate of drug-likeness (QED) is 0.599. The number of methoxy groups -OCH3 is 1. The molecule has 31 heavy (non-hydrogen) atoms. The number of hydrogen-bond donors (Lipinski definition) is 0. The fourth-order valence-corrected chi connectivity index (χ4v) is 4.56. The Morgan fingerprint density at radius 1 is 1.13 bits per heavy atom. The highest BCUT2D eigenvalue weighted by molar-refractivity contribution is 5.78. The van der Waals surface area contributed by atoms with E-state index in [1.807, 2.05) is 36.9 Å². The molecule has 1 amide bonds. The largest absolute Gasteiger partial charge is 0.497 e. The van der Waals surface area contributed by atoms with Gasteiger partial charge < -0.3 is 9.64 Å². The Morgan fingerprint density at radius 2 is 1.87 bits per heavy atom. The average molecular weight is 427 g/mol. The van der Waals surface area contributed by atoms with E-state index in [4.69, 9.17) is 4.74 Å². The van der Waals surface area contributed by atoms with Gasteiger partial charge in [-0.1, -0.05) is 38.1 Å². The molecule has 1 aliphatic rings. The molecular formula is C26H35FN2O2. The highest BCUT2D eigenvalue weighted by Gasteiger charge is 2.36. The number of benzene rings is 2. The van der Waals surface area contributed by atoms with E-state index in [0.717, 1.165) is 30.9 Å². The molecule has 1 fully saturated rings. The van der Waals surface area contributed by atoms with Crippen molar-refractivity contribution in [3.8, 4) is 5.75 Å². The van der Waals surface area contributed by atoms with Crippen molar-refractivity contribution >= 4 is 5.91 Å². The van der Waals surface area contributed by atoms with Crippen molar-refractivity contribution in [2.45, 2.75) is 46.2 Å². The van der Waals surface area contributed by atoms with Crippen LogP contribution in [0, 0.1) is 17.7 Å². The minimum Gasteiger partial charge on any atom is -0.497 e. The number of nitrogens with zero attached hydrogens (tertiary/aromatic N) is 2. The number of amides is 1. The van der Waals surface area contributed by atoms with Crippen molar-refractivity contribution in [1.29, 1.82) is 0 Å². The van der Waals surface area contributed by atoms with Crippen LogP contribution in [0.2, 0.25) is 0 Å². The highest BCUT2D eigenvalue weighted by atomic mass is 19.1. The molecule has 1 saturated heterocycles. The molecule has 1 heterocycles. The lowest BCUT2D eigenvalue weighted by Crippen LogP contribution is -2.43. The minimum absolute atomic E-state index is 0.0377. The van der Waals surface area contributed by atoms with Crippen LogP contribution in [-0.4, -0.2) is 48.5 Å². The summed E-state index contributed by atoms with van der Waals surface area (Å²) in [4.78, 5) is 17.3. The first-order valence-electron chi connectivity index (χ1n) is 11.2. The summed E-state index contributed by atoms with van der Waals surface area (Å²) in [6.07, 6.45) is 0. The highest BCUT2D eigenvalue weighted by Crippen LogP contribution is 2.35. The summed E-state index contributed by atoms with van der Waals surface area (Å²) in [7, 11) is 1.68. The van der Waals surface area contributed by atoms with Gasteiger partial charge in [-0.25, -0.2) is 4.39 Å². The minimum atomic E-state index is -0.207. The molecule has 0 bridgehead atoms. The van der Waals surface area contributed by atoms with Crippen molar-refractivity contribution in [2.75, 3.05) is 26.7 Å². The van der Waals surface area contributed by atoms with E-state index in [2.05, 4.69) is 30.9 Å². The van der Waals surface area contributed by atoms with Crippen molar-refractivity contribution in [2.24, 2.45) is 11.8 Å². The SMILES string of the molecule is COc1cccc(CN2CC(CN(C(=O)C(C)C)C(C)C)C(c3cccc(F)c3)C2)c1. The van der Waals surface area contributed by atoms with Crippen LogP contribution in [0.3, 0.4) is 0 Å². The van der Waals surface area contributed by atoms with E-state index in [0.29, 0.717) is 6.54 Å². The molecule has 0 N–H and O–H groups in total. The number of carbonyl (C=O) groups excluding carboxylic acids is 1. The molecule has 0 spiro atoms. The summed E-state index contributed by atoms with van der Waals surface area (Å²) in [6.45, 7) is 11.2. The fraction of sp³-hybridized carbons (Fsp3) is 0.500. The smallest absolute Gasteiger partial charge is 0.225 e. The lowest BCUT2D eigenvalue weighted by atomic mass is 9.88. The Kier molecular flexibility index (Phi) is 7.71. The van der Waals surface area contributed by atoms with Crippen LogP contribution in [0.25, 0.3) is 0 Å².